The van der Waals surface area contributed by atoms with E-state index in [0.29, 0.717) is 0 Å². The Bertz CT molecular complexity index is 593. The molecule has 0 aromatic heterocycles. The van der Waals surface area contributed by atoms with Crippen molar-refractivity contribution in [2.24, 2.45) is 0 Å². The summed E-state index contributed by atoms with van der Waals surface area (Å²) in [6.07, 6.45) is 3.45. The highest BCUT2D eigenvalue weighted by molar-refractivity contribution is 5.81. The molecule has 0 spiro atoms. The molecule has 0 N–H and O–H groups in total. The van der Waals surface area contributed by atoms with Crippen molar-refractivity contribution in [2.75, 3.05) is 20.2 Å². The van der Waals surface area contributed by atoms with Crippen LogP contribution in [-0.4, -0.2) is 25.1 Å². The molecule has 1 aliphatic heterocycles. The first kappa shape index (κ1) is 14.0. The number of hydrogen-bond acceptors (Lipinski definition) is 4. The van der Waals surface area contributed by atoms with Crippen LogP contribution in [0.1, 0.15) is 19.4 Å². The number of benzene rings is 1. The Balaban J connectivity index is 2.48. The van der Waals surface area contributed by atoms with Gasteiger partial charge in [0, 0.05) is 42.4 Å². The standard InChI is InChI=1S/C16H18N2O2/c1-4-18(5-2)16-10-12(8-9-17)14-7-6-13(19-3)11-15(14)20-16/h6-8,10-11H,4-5H2,1-3H3/b12-8+. The maximum atomic E-state index is 8.95. The summed E-state index contributed by atoms with van der Waals surface area (Å²) in [5, 5.41) is 8.95. The second kappa shape index (κ2) is 6.16. The molecule has 104 valence electrons. The lowest BCUT2D eigenvalue weighted by atomic mass is 10.0. The quantitative estimate of drug-likeness (QED) is 0.788. The van der Waals surface area contributed by atoms with E-state index in [0.717, 1.165) is 41.6 Å². The van der Waals surface area contributed by atoms with Crippen LogP contribution in [-0.2, 0) is 0 Å². The van der Waals surface area contributed by atoms with E-state index in [4.69, 9.17) is 14.7 Å². The minimum atomic E-state index is 0.718. The van der Waals surface area contributed by atoms with Gasteiger partial charge in [-0.15, -0.1) is 0 Å². The summed E-state index contributed by atoms with van der Waals surface area (Å²) >= 11 is 0. The van der Waals surface area contributed by atoms with Gasteiger partial charge in [0.1, 0.15) is 11.5 Å². The molecule has 0 radical (unpaired) electrons. The highest BCUT2D eigenvalue weighted by atomic mass is 16.5. The first-order valence-electron chi connectivity index (χ1n) is 6.66. The highest BCUT2D eigenvalue weighted by Crippen LogP contribution is 2.36. The smallest absolute Gasteiger partial charge is 0.196 e. The molecule has 1 heterocycles. The summed E-state index contributed by atoms with van der Waals surface area (Å²) in [6, 6.07) is 7.71. The minimum absolute atomic E-state index is 0.718. The van der Waals surface area contributed by atoms with Crippen molar-refractivity contribution >= 4 is 5.57 Å². The molecule has 0 amide bonds. The number of rotatable bonds is 4. The predicted molar refractivity (Wildman–Crippen MR) is 78.2 cm³/mol. The number of methoxy groups -OCH3 is 1. The van der Waals surface area contributed by atoms with Crippen LogP contribution < -0.4 is 9.47 Å². The Morgan fingerprint density at radius 1 is 1.35 bits per heavy atom. The van der Waals surface area contributed by atoms with Crippen LogP contribution in [0.5, 0.6) is 11.5 Å². The summed E-state index contributed by atoms with van der Waals surface area (Å²) < 4.78 is 11.2. The molecule has 1 aliphatic rings. The number of nitriles is 1. The molecule has 4 nitrogen and oxygen atoms in total. The third-order valence-corrected chi connectivity index (χ3v) is 3.29. The monoisotopic (exact) mass is 270 g/mol. The van der Waals surface area contributed by atoms with Crippen molar-refractivity contribution in [3.63, 3.8) is 0 Å². The van der Waals surface area contributed by atoms with Crippen LogP contribution in [0.4, 0.5) is 0 Å². The van der Waals surface area contributed by atoms with E-state index in [1.54, 1.807) is 7.11 Å². The van der Waals surface area contributed by atoms with Crippen molar-refractivity contribution in [1.29, 1.82) is 5.26 Å². The fraction of sp³-hybridized carbons (Fsp3) is 0.312. The van der Waals surface area contributed by atoms with Crippen LogP contribution in [0.3, 0.4) is 0 Å². The van der Waals surface area contributed by atoms with Gasteiger partial charge in [0.25, 0.3) is 0 Å². The Morgan fingerprint density at radius 3 is 2.70 bits per heavy atom. The molecule has 0 bridgehead atoms. The Kier molecular flexibility index (Phi) is 4.31. The Hall–Kier alpha value is -2.41. The molecule has 0 saturated heterocycles. The van der Waals surface area contributed by atoms with E-state index < -0.39 is 0 Å². The SMILES string of the molecule is CCN(CC)C1=C/C(=C\C#N)c2ccc(OC)cc2O1. The maximum absolute atomic E-state index is 8.95. The van der Waals surface area contributed by atoms with Gasteiger partial charge in [-0.05, 0) is 26.0 Å². The molecule has 0 unspecified atom stereocenters. The molecule has 20 heavy (non-hydrogen) atoms. The van der Waals surface area contributed by atoms with Gasteiger partial charge in [0.15, 0.2) is 5.88 Å². The van der Waals surface area contributed by atoms with Crippen LogP contribution in [0.2, 0.25) is 0 Å². The molecule has 1 aromatic rings. The lowest BCUT2D eigenvalue weighted by Crippen LogP contribution is -2.27. The molecule has 0 saturated carbocycles. The summed E-state index contributed by atoms with van der Waals surface area (Å²) in [6.45, 7) is 5.84. The number of fused-ring (bicyclic) bond motifs is 1. The van der Waals surface area contributed by atoms with Crippen LogP contribution in [0.25, 0.3) is 5.57 Å². The van der Waals surface area contributed by atoms with Crippen LogP contribution in [0.15, 0.2) is 36.2 Å². The largest absolute Gasteiger partial charge is 0.497 e. The topological polar surface area (TPSA) is 45.5 Å². The van der Waals surface area contributed by atoms with Gasteiger partial charge in [0.05, 0.1) is 13.2 Å². The van der Waals surface area contributed by atoms with Gasteiger partial charge in [-0.3, -0.25) is 0 Å². The van der Waals surface area contributed by atoms with Crippen molar-refractivity contribution < 1.29 is 9.47 Å². The zero-order valence-electron chi connectivity index (χ0n) is 12.0. The lowest BCUT2D eigenvalue weighted by molar-refractivity contribution is 0.228. The average Bonchev–Trinajstić information content (AvgIpc) is 2.48. The van der Waals surface area contributed by atoms with Gasteiger partial charge in [-0.2, -0.15) is 5.26 Å². The molecule has 2 rings (SSSR count). The van der Waals surface area contributed by atoms with E-state index in [9.17, 15) is 0 Å². The molecule has 1 aromatic carbocycles. The fourth-order valence-electron chi connectivity index (χ4n) is 2.19. The summed E-state index contributed by atoms with van der Waals surface area (Å²) in [7, 11) is 1.62. The van der Waals surface area contributed by atoms with Crippen molar-refractivity contribution in [1.82, 2.24) is 4.90 Å². The van der Waals surface area contributed by atoms with Crippen molar-refractivity contribution in [3.05, 3.63) is 41.8 Å². The lowest BCUT2D eigenvalue weighted by Gasteiger charge is -2.28. The maximum Gasteiger partial charge on any atom is 0.196 e. The first-order valence-corrected chi connectivity index (χ1v) is 6.66. The van der Waals surface area contributed by atoms with Gasteiger partial charge in [-0.1, -0.05) is 0 Å². The van der Waals surface area contributed by atoms with Gasteiger partial charge >= 0.3 is 0 Å². The third-order valence-electron chi connectivity index (χ3n) is 3.29. The number of nitrogens with zero attached hydrogens (tertiary/aromatic N) is 2. The Labute approximate surface area is 119 Å². The molecule has 0 fully saturated rings. The van der Waals surface area contributed by atoms with E-state index in [2.05, 4.69) is 24.8 Å². The number of hydrogen-bond donors (Lipinski definition) is 0. The average molecular weight is 270 g/mol. The van der Waals surface area contributed by atoms with Gasteiger partial charge < -0.3 is 14.4 Å². The first-order chi connectivity index (χ1) is 9.73. The number of allylic oxidation sites excluding steroid dienone is 3. The molecule has 0 aliphatic carbocycles. The van der Waals surface area contributed by atoms with Crippen LogP contribution >= 0.6 is 0 Å². The van der Waals surface area contributed by atoms with Crippen LogP contribution in [0, 0.1) is 11.3 Å². The van der Waals surface area contributed by atoms with Gasteiger partial charge in [-0.25, -0.2) is 0 Å². The van der Waals surface area contributed by atoms with E-state index >= 15 is 0 Å². The summed E-state index contributed by atoms with van der Waals surface area (Å²) in [5.74, 6) is 2.22. The minimum Gasteiger partial charge on any atom is -0.497 e. The molecular formula is C16H18N2O2. The summed E-state index contributed by atoms with van der Waals surface area (Å²) in [5.41, 5.74) is 1.77. The van der Waals surface area contributed by atoms with Crippen molar-refractivity contribution in [2.45, 2.75) is 13.8 Å². The van der Waals surface area contributed by atoms with E-state index in [-0.39, 0.29) is 0 Å². The second-order valence-corrected chi connectivity index (χ2v) is 4.35. The molecular weight excluding hydrogens is 252 g/mol. The number of ether oxygens (including phenoxy) is 2. The third kappa shape index (κ3) is 2.62. The highest BCUT2D eigenvalue weighted by Gasteiger charge is 2.20. The zero-order chi connectivity index (χ0) is 14.5. The fourth-order valence-corrected chi connectivity index (χ4v) is 2.19. The predicted octanol–water partition coefficient (Wildman–Crippen LogP) is 3.18. The normalized spacial score (nSPS) is 14.9. The van der Waals surface area contributed by atoms with Crippen molar-refractivity contribution in [3.8, 4) is 17.6 Å². The zero-order valence-corrected chi connectivity index (χ0v) is 12.0. The molecule has 0 atom stereocenters. The second-order valence-electron chi connectivity index (χ2n) is 4.35. The van der Waals surface area contributed by atoms with E-state index in [1.165, 1.54) is 6.08 Å². The van der Waals surface area contributed by atoms with E-state index in [1.807, 2.05) is 24.3 Å². The molecule has 4 heteroatoms. The Morgan fingerprint density at radius 2 is 2.10 bits per heavy atom. The van der Waals surface area contributed by atoms with Gasteiger partial charge in [0.2, 0.25) is 0 Å². The summed E-state index contributed by atoms with van der Waals surface area (Å²) in [4.78, 5) is 2.10.